The SMILES string of the molecule is CCOc1ccc(C(=O)N2CCC3(CC2)CC(O)(CC)CCO3)cc1. The van der Waals surface area contributed by atoms with Crippen LogP contribution >= 0.6 is 0 Å². The van der Waals surface area contributed by atoms with E-state index in [-0.39, 0.29) is 11.5 Å². The van der Waals surface area contributed by atoms with Crippen molar-refractivity contribution in [2.45, 2.75) is 57.2 Å². The Kier molecular flexibility index (Phi) is 5.35. The second-order valence-corrected chi connectivity index (χ2v) is 7.29. The fourth-order valence-corrected chi connectivity index (χ4v) is 3.98. The predicted molar refractivity (Wildman–Crippen MR) is 95.9 cm³/mol. The molecule has 1 amide bonds. The third-order valence-electron chi connectivity index (χ3n) is 5.66. The summed E-state index contributed by atoms with van der Waals surface area (Å²) in [5.74, 6) is 0.838. The number of piperidine rings is 1. The minimum absolute atomic E-state index is 0.0551. The summed E-state index contributed by atoms with van der Waals surface area (Å²) in [4.78, 5) is 14.6. The molecule has 1 spiro atoms. The molecule has 5 heteroatoms. The zero-order valence-corrected chi connectivity index (χ0v) is 15.3. The van der Waals surface area contributed by atoms with Crippen LogP contribution in [0.1, 0.15) is 56.3 Å². The Morgan fingerprint density at radius 1 is 1.20 bits per heavy atom. The van der Waals surface area contributed by atoms with Crippen molar-refractivity contribution in [2.24, 2.45) is 0 Å². The van der Waals surface area contributed by atoms with E-state index in [2.05, 4.69) is 0 Å². The van der Waals surface area contributed by atoms with E-state index in [9.17, 15) is 9.90 Å². The van der Waals surface area contributed by atoms with Gasteiger partial charge in [0.1, 0.15) is 5.75 Å². The van der Waals surface area contributed by atoms with Crippen LogP contribution in [0.3, 0.4) is 0 Å². The molecule has 1 atom stereocenters. The Hall–Kier alpha value is -1.59. The molecule has 25 heavy (non-hydrogen) atoms. The van der Waals surface area contributed by atoms with Crippen molar-refractivity contribution in [1.29, 1.82) is 0 Å². The highest BCUT2D eigenvalue weighted by atomic mass is 16.5. The lowest BCUT2D eigenvalue weighted by Crippen LogP contribution is -2.55. The quantitative estimate of drug-likeness (QED) is 0.910. The first-order valence-corrected chi connectivity index (χ1v) is 9.38. The topological polar surface area (TPSA) is 59.0 Å². The van der Waals surface area contributed by atoms with E-state index >= 15 is 0 Å². The molecule has 1 unspecified atom stereocenters. The van der Waals surface area contributed by atoms with Crippen molar-refractivity contribution in [1.82, 2.24) is 4.90 Å². The molecule has 2 aliphatic heterocycles. The van der Waals surface area contributed by atoms with Gasteiger partial charge in [0.15, 0.2) is 0 Å². The first kappa shape index (κ1) is 18.2. The lowest BCUT2D eigenvalue weighted by Gasteiger charge is -2.49. The van der Waals surface area contributed by atoms with Gasteiger partial charge >= 0.3 is 0 Å². The maximum atomic E-state index is 12.7. The molecule has 3 rings (SSSR count). The summed E-state index contributed by atoms with van der Waals surface area (Å²) in [6, 6.07) is 7.33. The summed E-state index contributed by atoms with van der Waals surface area (Å²) < 4.78 is 11.5. The minimum atomic E-state index is -0.612. The highest BCUT2D eigenvalue weighted by Crippen LogP contribution is 2.41. The fraction of sp³-hybridized carbons (Fsp3) is 0.650. The first-order chi connectivity index (χ1) is 12.0. The third kappa shape index (κ3) is 3.98. The van der Waals surface area contributed by atoms with Gasteiger partial charge < -0.3 is 19.5 Å². The van der Waals surface area contributed by atoms with E-state index < -0.39 is 5.60 Å². The molecule has 0 saturated carbocycles. The molecule has 1 N–H and O–H groups in total. The normalized spacial score (nSPS) is 25.8. The number of aliphatic hydroxyl groups is 1. The van der Waals surface area contributed by atoms with Gasteiger partial charge in [-0.25, -0.2) is 0 Å². The molecule has 0 bridgehead atoms. The highest BCUT2D eigenvalue weighted by molar-refractivity contribution is 5.94. The van der Waals surface area contributed by atoms with Crippen LogP contribution in [0.5, 0.6) is 5.75 Å². The van der Waals surface area contributed by atoms with Crippen LogP contribution in [-0.4, -0.2) is 53.4 Å². The van der Waals surface area contributed by atoms with E-state index in [1.165, 1.54) is 0 Å². The van der Waals surface area contributed by atoms with Gasteiger partial charge in [-0.15, -0.1) is 0 Å². The van der Waals surface area contributed by atoms with Crippen molar-refractivity contribution in [3.05, 3.63) is 29.8 Å². The van der Waals surface area contributed by atoms with Gasteiger partial charge in [0.05, 0.1) is 24.4 Å². The second-order valence-electron chi connectivity index (χ2n) is 7.29. The lowest BCUT2D eigenvalue weighted by molar-refractivity contribution is -0.176. The Balaban J connectivity index is 1.61. The monoisotopic (exact) mass is 347 g/mol. The standard InChI is InChI=1S/C20H29NO4/c1-3-19(23)11-14-25-20(15-19)9-12-21(13-10-20)18(22)16-5-7-17(8-6-16)24-4-2/h5-8,23H,3-4,9-15H2,1-2H3. The van der Waals surface area contributed by atoms with Gasteiger partial charge in [-0.1, -0.05) is 6.92 Å². The van der Waals surface area contributed by atoms with Crippen molar-refractivity contribution < 1.29 is 19.4 Å². The largest absolute Gasteiger partial charge is 0.494 e. The number of carbonyl (C=O) groups excluding carboxylic acids is 1. The number of rotatable bonds is 4. The van der Waals surface area contributed by atoms with E-state index in [1.54, 1.807) is 0 Å². The van der Waals surface area contributed by atoms with Gasteiger partial charge in [-0.05, 0) is 56.9 Å². The molecule has 2 fully saturated rings. The summed E-state index contributed by atoms with van der Waals surface area (Å²) in [6.45, 7) is 6.54. The number of likely N-dealkylation sites (tertiary alicyclic amines) is 1. The van der Waals surface area contributed by atoms with Crippen LogP contribution in [0, 0.1) is 0 Å². The smallest absolute Gasteiger partial charge is 0.253 e. The number of ether oxygens (including phenoxy) is 2. The molecule has 2 saturated heterocycles. The van der Waals surface area contributed by atoms with Crippen LogP contribution in [0.15, 0.2) is 24.3 Å². The molecular weight excluding hydrogens is 318 g/mol. The van der Waals surface area contributed by atoms with Crippen LogP contribution in [0.25, 0.3) is 0 Å². The number of nitrogens with zero attached hydrogens (tertiary/aromatic N) is 1. The Morgan fingerprint density at radius 2 is 1.88 bits per heavy atom. The molecule has 138 valence electrons. The zero-order valence-electron chi connectivity index (χ0n) is 15.3. The van der Waals surface area contributed by atoms with Crippen LogP contribution in [0.4, 0.5) is 0 Å². The van der Waals surface area contributed by atoms with E-state index in [1.807, 2.05) is 43.0 Å². The summed E-state index contributed by atoms with van der Waals surface area (Å²) in [5, 5.41) is 10.6. The molecule has 0 radical (unpaired) electrons. The Morgan fingerprint density at radius 3 is 2.48 bits per heavy atom. The van der Waals surface area contributed by atoms with Crippen molar-refractivity contribution >= 4 is 5.91 Å². The van der Waals surface area contributed by atoms with Crippen molar-refractivity contribution in [3.63, 3.8) is 0 Å². The molecule has 2 heterocycles. The summed E-state index contributed by atoms with van der Waals surface area (Å²) >= 11 is 0. The van der Waals surface area contributed by atoms with Crippen LogP contribution in [-0.2, 0) is 4.74 Å². The second kappa shape index (κ2) is 7.34. The predicted octanol–water partition coefficient (Wildman–Crippen LogP) is 3.01. The minimum Gasteiger partial charge on any atom is -0.494 e. The van der Waals surface area contributed by atoms with E-state index in [0.717, 1.165) is 25.0 Å². The number of hydrogen-bond acceptors (Lipinski definition) is 4. The average Bonchev–Trinajstić information content (AvgIpc) is 2.63. The van der Waals surface area contributed by atoms with E-state index in [0.29, 0.717) is 44.7 Å². The molecular formula is C20H29NO4. The van der Waals surface area contributed by atoms with Gasteiger partial charge in [0.2, 0.25) is 0 Å². The van der Waals surface area contributed by atoms with E-state index in [4.69, 9.17) is 9.47 Å². The summed E-state index contributed by atoms with van der Waals surface area (Å²) in [5.41, 5.74) is -0.188. The maximum Gasteiger partial charge on any atom is 0.253 e. The molecule has 2 aliphatic rings. The first-order valence-electron chi connectivity index (χ1n) is 9.38. The molecule has 0 aromatic heterocycles. The average molecular weight is 347 g/mol. The molecule has 0 aliphatic carbocycles. The summed E-state index contributed by atoms with van der Waals surface area (Å²) in [7, 11) is 0. The number of hydrogen-bond donors (Lipinski definition) is 1. The maximum absolute atomic E-state index is 12.7. The number of amides is 1. The Labute approximate surface area is 149 Å². The molecule has 1 aromatic carbocycles. The van der Waals surface area contributed by atoms with Gasteiger partial charge in [0, 0.05) is 25.1 Å². The molecule has 1 aromatic rings. The van der Waals surface area contributed by atoms with Gasteiger partial charge in [-0.2, -0.15) is 0 Å². The lowest BCUT2D eigenvalue weighted by atomic mass is 9.76. The summed E-state index contributed by atoms with van der Waals surface area (Å²) in [6.07, 6.45) is 3.73. The van der Waals surface area contributed by atoms with Gasteiger partial charge in [-0.3, -0.25) is 4.79 Å². The Bertz CT molecular complexity index is 592. The number of carbonyl (C=O) groups is 1. The number of benzene rings is 1. The van der Waals surface area contributed by atoms with Crippen molar-refractivity contribution in [3.8, 4) is 5.75 Å². The third-order valence-corrected chi connectivity index (χ3v) is 5.66. The zero-order chi connectivity index (χ0) is 17.9. The fourth-order valence-electron chi connectivity index (χ4n) is 3.98. The van der Waals surface area contributed by atoms with Crippen LogP contribution < -0.4 is 4.74 Å². The molecule has 5 nitrogen and oxygen atoms in total. The van der Waals surface area contributed by atoms with Gasteiger partial charge in [0.25, 0.3) is 5.91 Å². The van der Waals surface area contributed by atoms with Crippen molar-refractivity contribution in [2.75, 3.05) is 26.3 Å². The highest BCUT2D eigenvalue weighted by Gasteiger charge is 2.46. The van der Waals surface area contributed by atoms with Crippen LogP contribution in [0.2, 0.25) is 0 Å².